The molecule has 0 aliphatic carbocycles. The third kappa shape index (κ3) is 6.33. The van der Waals surface area contributed by atoms with Crippen LogP contribution < -0.4 is 10.3 Å². The van der Waals surface area contributed by atoms with Gasteiger partial charge in [0.15, 0.2) is 28.9 Å². The molecule has 0 spiro atoms. The minimum absolute atomic E-state index is 0.0587. The van der Waals surface area contributed by atoms with Gasteiger partial charge in [0.25, 0.3) is 5.56 Å². The monoisotopic (exact) mass is 476 g/mol. The minimum Gasteiger partial charge on any atom is -0.449 e. The number of halogens is 2. The highest BCUT2D eigenvalue weighted by atomic mass is 19.1. The standard InChI is InChI=1S/C23H26F2N4O5/c1-14(2)8-20(21(32)9-15-6-7-28(27-15)12-16(31)13-30)29-22(33)10-17(11-26-29)34-23-18(24)4-3-5-19(23)25/h3-7,10-11,14,16,20,30-31H,8-9,12-13H2,1-2H3/t16-,20?/m1/s1. The van der Waals surface area contributed by atoms with Crippen molar-refractivity contribution in [2.45, 2.75) is 45.4 Å². The number of rotatable bonds is 11. The van der Waals surface area contributed by atoms with E-state index in [9.17, 15) is 23.5 Å². The normalized spacial score (nSPS) is 13.1. The van der Waals surface area contributed by atoms with E-state index in [0.717, 1.165) is 29.1 Å². The summed E-state index contributed by atoms with van der Waals surface area (Å²) in [5.74, 6) is -2.92. The summed E-state index contributed by atoms with van der Waals surface area (Å²) in [6.45, 7) is 3.46. The molecule has 0 aliphatic rings. The fraction of sp³-hybridized carbons (Fsp3) is 0.391. The summed E-state index contributed by atoms with van der Waals surface area (Å²) in [4.78, 5) is 25.8. The SMILES string of the molecule is CC(C)CC(C(=O)Cc1ccn(C[C@@H](O)CO)n1)n1ncc(Oc2c(F)cccc2F)cc1=O. The van der Waals surface area contributed by atoms with Crippen molar-refractivity contribution in [3.8, 4) is 11.5 Å². The molecule has 0 fully saturated rings. The maximum Gasteiger partial charge on any atom is 0.271 e. The molecule has 2 heterocycles. The van der Waals surface area contributed by atoms with Crippen LogP contribution in [-0.4, -0.2) is 48.3 Å². The van der Waals surface area contributed by atoms with E-state index in [0.29, 0.717) is 12.1 Å². The predicted octanol–water partition coefficient (Wildman–Crippen LogP) is 2.26. The number of para-hydroxylation sites is 1. The lowest BCUT2D eigenvalue weighted by atomic mass is 9.98. The van der Waals surface area contributed by atoms with Gasteiger partial charge in [-0.2, -0.15) is 10.2 Å². The molecule has 0 aliphatic heterocycles. The number of ether oxygens (including phenoxy) is 1. The van der Waals surface area contributed by atoms with Crippen molar-refractivity contribution in [3.05, 3.63) is 70.4 Å². The van der Waals surface area contributed by atoms with Crippen molar-refractivity contribution in [2.75, 3.05) is 6.61 Å². The van der Waals surface area contributed by atoms with E-state index in [4.69, 9.17) is 9.84 Å². The van der Waals surface area contributed by atoms with Gasteiger partial charge >= 0.3 is 0 Å². The third-order valence-electron chi connectivity index (χ3n) is 4.96. The third-order valence-corrected chi connectivity index (χ3v) is 4.96. The number of hydrogen-bond donors (Lipinski definition) is 2. The molecule has 182 valence electrons. The second-order valence-corrected chi connectivity index (χ2v) is 8.28. The predicted molar refractivity (Wildman–Crippen MR) is 117 cm³/mol. The molecular formula is C23H26F2N4O5. The Hall–Kier alpha value is -3.44. The highest BCUT2D eigenvalue weighted by molar-refractivity contribution is 5.84. The Balaban J connectivity index is 1.80. The highest BCUT2D eigenvalue weighted by Crippen LogP contribution is 2.26. The number of aliphatic hydroxyl groups excluding tert-OH is 2. The number of aromatic nitrogens is 4. The van der Waals surface area contributed by atoms with Crippen molar-refractivity contribution in [1.29, 1.82) is 0 Å². The van der Waals surface area contributed by atoms with Gasteiger partial charge in [0, 0.05) is 12.3 Å². The molecule has 1 aromatic carbocycles. The molecule has 0 saturated heterocycles. The molecule has 0 amide bonds. The number of nitrogens with zero attached hydrogens (tertiary/aromatic N) is 4. The zero-order chi connectivity index (χ0) is 24.8. The smallest absolute Gasteiger partial charge is 0.271 e. The van der Waals surface area contributed by atoms with Crippen LogP contribution in [0.1, 0.15) is 32.0 Å². The topological polar surface area (TPSA) is 119 Å². The lowest BCUT2D eigenvalue weighted by Crippen LogP contribution is -2.33. The highest BCUT2D eigenvalue weighted by Gasteiger charge is 2.25. The number of ketones is 1. The average Bonchev–Trinajstić information content (AvgIpc) is 3.21. The van der Waals surface area contributed by atoms with Gasteiger partial charge in [0.2, 0.25) is 0 Å². The number of Topliss-reactive ketones (excluding diaryl/α,β-unsaturated/α-hetero) is 1. The van der Waals surface area contributed by atoms with Gasteiger partial charge in [-0.25, -0.2) is 13.5 Å². The molecule has 2 aromatic heterocycles. The quantitative estimate of drug-likeness (QED) is 0.436. The average molecular weight is 476 g/mol. The van der Waals surface area contributed by atoms with E-state index < -0.39 is 41.7 Å². The summed E-state index contributed by atoms with van der Waals surface area (Å²) in [5, 5.41) is 26.7. The summed E-state index contributed by atoms with van der Waals surface area (Å²) < 4.78 is 35.3. The molecule has 1 unspecified atom stereocenters. The van der Waals surface area contributed by atoms with Gasteiger partial charge in [-0.1, -0.05) is 19.9 Å². The summed E-state index contributed by atoms with van der Waals surface area (Å²) in [6, 6.07) is 4.98. The van der Waals surface area contributed by atoms with Gasteiger partial charge in [-0.3, -0.25) is 14.3 Å². The molecule has 0 radical (unpaired) electrons. The summed E-state index contributed by atoms with van der Waals surface area (Å²) in [6.07, 6.45) is 1.99. The molecule has 2 N–H and O–H groups in total. The van der Waals surface area contributed by atoms with Gasteiger partial charge in [0.05, 0.1) is 37.6 Å². The lowest BCUT2D eigenvalue weighted by molar-refractivity contribution is -0.122. The molecule has 3 rings (SSSR count). The Kier molecular flexibility index (Phi) is 8.24. The Bertz CT molecular complexity index is 1170. The summed E-state index contributed by atoms with van der Waals surface area (Å²) in [7, 11) is 0. The lowest BCUT2D eigenvalue weighted by Gasteiger charge is -2.19. The number of carbonyl (C=O) groups is 1. The number of aliphatic hydroxyl groups is 2. The Morgan fingerprint density at radius 2 is 1.91 bits per heavy atom. The van der Waals surface area contributed by atoms with Gasteiger partial charge in [-0.05, 0) is 30.5 Å². The molecule has 3 aromatic rings. The Morgan fingerprint density at radius 3 is 2.53 bits per heavy atom. The van der Waals surface area contributed by atoms with Crippen LogP contribution in [0.4, 0.5) is 8.78 Å². The Labute approximate surface area is 194 Å². The first kappa shape index (κ1) is 25.2. The van der Waals surface area contributed by atoms with Crippen LogP contribution in [0.5, 0.6) is 11.5 Å². The van der Waals surface area contributed by atoms with E-state index in [-0.39, 0.29) is 30.4 Å². The first-order valence-corrected chi connectivity index (χ1v) is 10.7. The van der Waals surface area contributed by atoms with Gasteiger partial charge in [-0.15, -0.1) is 0 Å². The molecule has 11 heteroatoms. The maximum absolute atomic E-state index is 13.8. The number of benzene rings is 1. The molecule has 0 bridgehead atoms. The second kappa shape index (κ2) is 11.1. The van der Waals surface area contributed by atoms with E-state index in [1.165, 1.54) is 10.7 Å². The summed E-state index contributed by atoms with van der Waals surface area (Å²) >= 11 is 0. The molecule has 34 heavy (non-hydrogen) atoms. The van der Waals surface area contributed by atoms with E-state index in [1.807, 2.05) is 13.8 Å². The van der Waals surface area contributed by atoms with Crippen LogP contribution in [0, 0.1) is 17.6 Å². The van der Waals surface area contributed by atoms with Gasteiger partial charge in [0.1, 0.15) is 6.04 Å². The molecule has 2 atom stereocenters. The van der Waals surface area contributed by atoms with Crippen LogP contribution in [0.25, 0.3) is 0 Å². The van der Waals surface area contributed by atoms with Crippen LogP contribution >= 0.6 is 0 Å². The van der Waals surface area contributed by atoms with Crippen LogP contribution in [0.2, 0.25) is 0 Å². The zero-order valence-corrected chi connectivity index (χ0v) is 18.8. The van der Waals surface area contributed by atoms with Gasteiger partial charge < -0.3 is 14.9 Å². The zero-order valence-electron chi connectivity index (χ0n) is 18.8. The number of carbonyl (C=O) groups excluding carboxylic acids is 1. The molecular weight excluding hydrogens is 450 g/mol. The van der Waals surface area contributed by atoms with Crippen molar-refractivity contribution in [2.24, 2.45) is 5.92 Å². The van der Waals surface area contributed by atoms with E-state index in [2.05, 4.69) is 10.2 Å². The fourth-order valence-corrected chi connectivity index (χ4v) is 3.37. The van der Waals surface area contributed by atoms with Crippen molar-refractivity contribution < 1.29 is 28.5 Å². The van der Waals surface area contributed by atoms with E-state index in [1.54, 1.807) is 12.3 Å². The minimum atomic E-state index is -0.974. The largest absolute Gasteiger partial charge is 0.449 e. The van der Waals surface area contributed by atoms with E-state index >= 15 is 0 Å². The van der Waals surface area contributed by atoms with Crippen molar-refractivity contribution in [3.63, 3.8) is 0 Å². The molecule has 9 nitrogen and oxygen atoms in total. The summed E-state index contributed by atoms with van der Waals surface area (Å²) in [5.41, 5.74) is -0.225. The molecule has 0 saturated carbocycles. The maximum atomic E-state index is 13.8. The first-order chi connectivity index (χ1) is 16.2. The number of hydrogen-bond acceptors (Lipinski definition) is 7. The Morgan fingerprint density at radius 1 is 1.21 bits per heavy atom. The second-order valence-electron chi connectivity index (χ2n) is 8.28. The van der Waals surface area contributed by atoms with Crippen LogP contribution in [0.15, 0.2) is 47.5 Å². The first-order valence-electron chi connectivity index (χ1n) is 10.7. The fourth-order valence-electron chi connectivity index (χ4n) is 3.37. The van der Waals surface area contributed by atoms with Crippen LogP contribution in [0.3, 0.4) is 0 Å². The van der Waals surface area contributed by atoms with Crippen LogP contribution in [-0.2, 0) is 17.8 Å². The van der Waals surface area contributed by atoms with Crippen molar-refractivity contribution in [1.82, 2.24) is 19.6 Å². The van der Waals surface area contributed by atoms with Crippen molar-refractivity contribution >= 4 is 5.78 Å².